The lowest BCUT2D eigenvalue weighted by Gasteiger charge is -2.21. The highest BCUT2D eigenvalue weighted by Crippen LogP contribution is 2.20. The van der Waals surface area contributed by atoms with Crippen LogP contribution >= 0.6 is 0 Å². The molecule has 1 aromatic rings. The summed E-state index contributed by atoms with van der Waals surface area (Å²) in [5.74, 6) is 0. The molecule has 1 aromatic carbocycles. The molecule has 0 amide bonds. The molecule has 0 heterocycles. The van der Waals surface area contributed by atoms with Gasteiger partial charge in [-0.1, -0.05) is 25.1 Å². The van der Waals surface area contributed by atoms with Gasteiger partial charge in [-0.15, -0.1) is 0 Å². The molecule has 0 aliphatic heterocycles. The van der Waals surface area contributed by atoms with E-state index < -0.39 is 0 Å². The first-order valence-corrected chi connectivity index (χ1v) is 6.49. The van der Waals surface area contributed by atoms with Crippen molar-refractivity contribution in [3.05, 3.63) is 34.9 Å². The molecule has 0 aliphatic rings. The first-order valence-electron chi connectivity index (χ1n) is 6.49. The summed E-state index contributed by atoms with van der Waals surface area (Å²) < 4.78 is 0. The van der Waals surface area contributed by atoms with Crippen LogP contribution in [0.1, 0.15) is 36.1 Å². The number of nitrogens with one attached hydrogen (secondary N) is 1. The zero-order chi connectivity index (χ0) is 12.8. The van der Waals surface area contributed by atoms with Crippen LogP contribution in [-0.2, 0) is 0 Å². The summed E-state index contributed by atoms with van der Waals surface area (Å²) in [5, 5.41) is 3.57. The standard InChI is InChI=1S/C15H26N2/c1-6-16-15(9-10-17(4)5)14-8-7-12(2)13(3)11-14/h7-8,11,15-16H,6,9-10H2,1-5H3. The molecule has 1 atom stereocenters. The van der Waals surface area contributed by atoms with E-state index in [2.05, 4.69) is 63.3 Å². The summed E-state index contributed by atoms with van der Waals surface area (Å²) in [6, 6.07) is 7.27. The molecule has 0 radical (unpaired) electrons. The summed E-state index contributed by atoms with van der Waals surface area (Å²) >= 11 is 0. The molecule has 0 fully saturated rings. The van der Waals surface area contributed by atoms with Gasteiger partial charge >= 0.3 is 0 Å². The molecule has 0 bridgehead atoms. The van der Waals surface area contributed by atoms with Crippen molar-refractivity contribution in [1.82, 2.24) is 10.2 Å². The van der Waals surface area contributed by atoms with Crippen molar-refractivity contribution in [3.8, 4) is 0 Å². The summed E-state index contributed by atoms with van der Waals surface area (Å²) in [7, 11) is 4.26. The summed E-state index contributed by atoms with van der Waals surface area (Å²) in [4.78, 5) is 2.24. The summed E-state index contributed by atoms with van der Waals surface area (Å²) in [6.45, 7) is 8.66. The summed E-state index contributed by atoms with van der Waals surface area (Å²) in [5.41, 5.74) is 4.17. The lowest BCUT2D eigenvalue weighted by molar-refractivity contribution is 0.363. The first-order chi connectivity index (χ1) is 8.04. The number of aryl methyl sites for hydroxylation is 2. The van der Waals surface area contributed by atoms with Gasteiger partial charge in [0.2, 0.25) is 0 Å². The van der Waals surface area contributed by atoms with E-state index in [1.165, 1.54) is 16.7 Å². The first kappa shape index (κ1) is 14.2. The average Bonchev–Trinajstić information content (AvgIpc) is 2.28. The van der Waals surface area contributed by atoms with E-state index in [9.17, 15) is 0 Å². The van der Waals surface area contributed by atoms with Crippen molar-refractivity contribution in [2.45, 2.75) is 33.2 Å². The fourth-order valence-electron chi connectivity index (χ4n) is 2.00. The highest BCUT2D eigenvalue weighted by molar-refractivity contribution is 5.31. The third kappa shape index (κ3) is 4.49. The van der Waals surface area contributed by atoms with E-state index in [0.717, 1.165) is 19.5 Å². The van der Waals surface area contributed by atoms with Gasteiger partial charge in [0.1, 0.15) is 0 Å². The smallest absolute Gasteiger partial charge is 0.0332 e. The molecular formula is C15H26N2. The van der Waals surface area contributed by atoms with Crippen LogP contribution in [0.4, 0.5) is 0 Å². The van der Waals surface area contributed by atoms with E-state index in [1.54, 1.807) is 0 Å². The number of hydrogen-bond acceptors (Lipinski definition) is 2. The molecule has 0 aliphatic carbocycles. The monoisotopic (exact) mass is 234 g/mol. The Morgan fingerprint density at radius 2 is 1.88 bits per heavy atom. The molecule has 17 heavy (non-hydrogen) atoms. The third-order valence-corrected chi connectivity index (χ3v) is 3.25. The maximum absolute atomic E-state index is 3.57. The fourth-order valence-corrected chi connectivity index (χ4v) is 2.00. The Labute approximate surface area is 106 Å². The zero-order valence-electron chi connectivity index (χ0n) is 11.9. The van der Waals surface area contributed by atoms with E-state index in [4.69, 9.17) is 0 Å². The topological polar surface area (TPSA) is 15.3 Å². The second-order valence-electron chi connectivity index (χ2n) is 5.05. The minimum absolute atomic E-state index is 0.474. The van der Waals surface area contributed by atoms with Gasteiger partial charge in [0.15, 0.2) is 0 Å². The predicted octanol–water partition coefficient (Wildman–Crippen LogP) is 2.91. The van der Waals surface area contributed by atoms with Crippen LogP contribution in [0.2, 0.25) is 0 Å². The second kappa shape index (κ2) is 6.77. The largest absolute Gasteiger partial charge is 0.310 e. The third-order valence-electron chi connectivity index (χ3n) is 3.25. The van der Waals surface area contributed by atoms with Crippen molar-refractivity contribution in [3.63, 3.8) is 0 Å². The van der Waals surface area contributed by atoms with Crippen molar-refractivity contribution in [1.29, 1.82) is 0 Å². The lowest BCUT2D eigenvalue weighted by Crippen LogP contribution is -2.25. The normalized spacial score (nSPS) is 13.1. The predicted molar refractivity (Wildman–Crippen MR) is 75.5 cm³/mol. The highest BCUT2D eigenvalue weighted by atomic mass is 15.1. The van der Waals surface area contributed by atoms with Crippen LogP contribution in [0.15, 0.2) is 18.2 Å². The molecule has 96 valence electrons. The number of rotatable bonds is 6. The Kier molecular flexibility index (Phi) is 5.66. The van der Waals surface area contributed by atoms with Crippen LogP contribution < -0.4 is 5.32 Å². The highest BCUT2D eigenvalue weighted by Gasteiger charge is 2.11. The maximum Gasteiger partial charge on any atom is 0.0332 e. The van der Waals surface area contributed by atoms with Gasteiger partial charge in [-0.3, -0.25) is 0 Å². The van der Waals surface area contributed by atoms with Crippen molar-refractivity contribution in [2.24, 2.45) is 0 Å². The van der Waals surface area contributed by atoms with Crippen molar-refractivity contribution >= 4 is 0 Å². The molecule has 2 heteroatoms. The molecule has 0 aromatic heterocycles. The van der Waals surface area contributed by atoms with E-state index in [1.807, 2.05) is 0 Å². The van der Waals surface area contributed by atoms with Crippen LogP contribution in [0.3, 0.4) is 0 Å². The van der Waals surface area contributed by atoms with Gasteiger partial charge in [0.05, 0.1) is 0 Å². The molecule has 0 saturated carbocycles. The van der Waals surface area contributed by atoms with Gasteiger partial charge < -0.3 is 10.2 Å². The van der Waals surface area contributed by atoms with Gasteiger partial charge in [0.25, 0.3) is 0 Å². The molecule has 2 nitrogen and oxygen atoms in total. The molecule has 1 N–H and O–H groups in total. The van der Waals surface area contributed by atoms with E-state index in [-0.39, 0.29) is 0 Å². The van der Waals surface area contributed by atoms with Crippen molar-refractivity contribution in [2.75, 3.05) is 27.2 Å². The Morgan fingerprint density at radius 1 is 1.18 bits per heavy atom. The van der Waals surface area contributed by atoms with Crippen LogP contribution in [0.5, 0.6) is 0 Å². The number of benzene rings is 1. The SMILES string of the molecule is CCNC(CCN(C)C)c1ccc(C)c(C)c1. The molecule has 1 rings (SSSR count). The fraction of sp³-hybridized carbons (Fsp3) is 0.600. The Balaban J connectivity index is 2.77. The van der Waals surface area contributed by atoms with Gasteiger partial charge in [0, 0.05) is 6.04 Å². The van der Waals surface area contributed by atoms with Gasteiger partial charge in [-0.05, 0) is 64.1 Å². The lowest BCUT2D eigenvalue weighted by atomic mass is 9.99. The second-order valence-corrected chi connectivity index (χ2v) is 5.05. The van der Waals surface area contributed by atoms with Crippen LogP contribution in [0.25, 0.3) is 0 Å². The molecular weight excluding hydrogens is 208 g/mol. The van der Waals surface area contributed by atoms with Gasteiger partial charge in [-0.2, -0.15) is 0 Å². The molecule has 0 spiro atoms. The molecule has 1 unspecified atom stereocenters. The Hall–Kier alpha value is -0.860. The maximum atomic E-state index is 3.57. The van der Waals surface area contributed by atoms with Crippen LogP contribution in [-0.4, -0.2) is 32.1 Å². The summed E-state index contributed by atoms with van der Waals surface area (Å²) in [6.07, 6.45) is 1.16. The van der Waals surface area contributed by atoms with Crippen LogP contribution in [0, 0.1) is 13.8 Å². The average molecular weight is 234 g/mol. The minimum atomic E-state index is 0.474. The Bertz CT molecular complexity index is 345. The quantitative estimate of drug-likeness (QED) is 0.814. The number of hydrogen-bond donors (Lipinski definition) is 1. The van der Waals surface area contributed by atoms with E-state index in [0.29, 0.717) is 6.04 Å². The van der Waals surface area contributed by atoms with Gasteiger partial charge in [-0.25, -0.2) is 0 Å². The Morgan fingerprint density at radius 3 is 2.41 bits per heavy atom. The van der Waals surface area contributed by atoms with E-state index >= 15 is 0 Å². The zero-order valence-corrected chi connectivity index (χ0v) is 11.9. The minimum Gasteiger partial charge on any atom is -0.310 e. The van der Waals surface area contributed by atoms with Crippen molar-refractivity contribution < 1.29 is 0 Å². The number of nitrogens with zero attached hydrogens (tertiary/aromatic N) is 1. The molecule has 0 saturated heterocycles.